The van der Waals surface area contributed by atoms with E-state index in [0.29, 0.717) is 5.69 Å². The zero-order valence-electron chi connectivity index (χ0n) is 11.0. The van der Waals surface area contributed by atoms with Crippen molar-refractivity contribution in [1.29, 1.82) is 0 Å². The number of nitrogens with zero attached hydrogens (tertiary/aromatic N) is 1. The Bertz CT molecular complexity index is 497. The summed E-state index contributed by atoms with van der Waals surface area (Å²) in [5.74, 6) is -0.680. The van der Waals surface area contributed by atoms with E-state index in [1.165, 1.54) is 18.2 Å². The van der Waals surface area contributed by atoms with Gasteiger partial charge >= 0.3 is 6.18 Å². The minimum Gasteiger partial charge on any atom is -0.399 e. The van der Waals surface area contributed by atoms with Crippen LogP contribution in [0.4, 0.5) is 24.5 Å². The van der Waals surface area contributed by atoms with Crippen LogP contribution in [0.5, 0.6) is 0 Å². The number of amides is 1. The van der Waals surface area contributed by atoms with Crippen LogP contribution in [0.15, 0.2) is 18.2 Å². The number of rotatable bonds is 6. The second-order valence-electron chi connectivity index (χ2n) is 4.34. The Balaban J connectivity index is 2.67. The van der Waals surface area contributed by atoms with Crippen LogP contribution in [0, 0.1) is 0 Å². The molecule has 0 bridgehead atoms. The highest BCUT2D eigenvalue weighted by Gasteiger charge is 2.31. The van der Waals surface area contributed by atoms with Crippen LogP contribution < -0.4 is 11.1 Å². The van der Waals surface area contributed by atoms with Crippen molar-refractivity contribution in [3.05, 3.63) is 23.2 Å². The summed E-state index contributed by atoms with van der Waals surface area (Å²) >= 11 is 5.84. The van der Waals surface area contributed by atoms with Crippen LogP contribution >= 0.6 is 11.6 Å². The monoisotopic (exact) mass is 325 g/mol. The summed E-state index contributed by atoms with van der Waals surface area (Å²) < 4.78 is 37.0. The van der Waals surface area contributed by atoms with Gasteiger partial charge in [-0.15, -0.1) is 0 Å². The maximum Gasteiger partial charge on any atom is 0.401 e. The fourth-order valence-corrected chi connectivity index (χ4v) is 1.81. The van der Waals surface area contributed by atoms with Crippen molar-refractivity contribution in [3.8, 4) is 0 Å². The molecule has 1 aromatic carbocycles. The third kappa shape index (κ3) is 6.65. The summed E-state index contributed by atoms with van der Waals surface area (Å²) in [7, 11) is 0. The molecule has 0 saturated carbocycles. The van der Waals surface area contributed by atoms with Crippen LogP contribution in [0.3, 0.4) is 0 Å². The predicted molar refractivity (Wildman–Crippen MR) is 74.1 cm³/mol. The van der Waals surface area contributed by atoms with E-state index in [0.717, 1.165) is 4.90 Å². The van der Waals surface area contributed by atoms with Gasteiger partial charge in [-0.05, 0) is 18.2 Å². The Labute approximate surface area is 124 Å². The molecule has 0 unspecified atom stereocenters. The number of aliphatic hydroxyl groups excluding tert-OH is 1. The number of hydrogen-bond donors (Lipinski definition) is 3. The Kier molecular flexibility index (Phi) is 6.25. The topological polar surface area (TPSA) is 78.6 Å². The van der Waals surface area contributed by atoms with E-state index >= 15 is 0 Å². The fraction of sp³-hybridized carbons (Fsp3) is 0.417. The number of anilines is 2. The van der Waals surface area contributed by atoms with Gasteiger partial charge in [0.25, 0.3) is 0 Å². The van der Waals surface area contributed by atoms with Gasteiger partial charge in [0.1, 0.15) is 0 Å². The summed E-state index contributed by atoms with van der Waals surface area (Å²) in [6.45, 7) is -2.56. The van der Waals surface area contributed by atoms with Gasteiger partial charge in [0, 0.05) is 12.2 Å². The highest BCUT2D eigenvalue weighted by Crippen LogP contribution is 2.24. The lowest BCUT2D eigenvalue weighted by Gasteiger charge is -2.22. The molecule has 0 spiro atoms. The van der Waals surface area contributed by atoms with E-state index in [9.17, 15) is 18.0 Å². The molecule has 0 saturated heterocycles. The summed E-state index contributed by atoms with van der Waals surface area (Å²) in [4.78, 5) is 12.5. The molecule has 0 atom stereocenters. The maximum absolute atomic E-state index is 12.3. The number of nitrogens with one attached hydrogen (secondary N) is 1. The summed E-state index contributed by atoms with van der Waals surface area (Å²) in [5, 5.41) is 11.3. The zero-order chi connectivity index (χ0) is 16.0. The number of alkyl halides is 3. The van der Waals surface area contributed by atoms with E-state index in [1.807, 2.05) is 0 Å². The first-order chi connectivity index (χ1) is 9.71. The molecule has 9 heteroatoms. The molecule has 1 amide bonds. The number of nitrogen functional groups attached to an aromatic ring is 1. The van der Waals surface area contributed by atoms with Crippen LogP contribution in [-0.4, -0.2) is 48.3 Å². The number of halogens is 4. The van der Waals surface area contributed by atoms with Crippen molar-refractivity contribution in [1.82, 2.24) is 4.90 Å². The van der Waals surface area contributed by atoms with Gasteiger partial charge in [-0.3, -0.25) is 9.69 Å². The third-order valence-corrected chi connectivity index (χ3v) is 2.78. The number of nitrogens with two attached hydrogens (primary N) is 1. The van der Waals surface area contributed by atoms with Gasteiger partial charge in [-0.25, -0.2) is 0 Å². The van der Waals surface area contributed by atoms with Gasteiger partial charge in [0.2, 0.25) is 5.91 Å². The van der Waals surface area contributed by atoms with E-state index in [1.54, 1.807) is 0 Å². The Morgan fingerprint density at radius 1 is 1.43 bits per heavy atom. The van der Waals surface area contributed by atoms with Crippen LogP contribution in [0.25, 0.3) is 0 Å². The summed E-state index contributed by atoms with van der Waals surface area (Å²) in [6.07, 6.45) is -4.45. The van der Waals surface area contributed by atoms with E-state index in [2.05, 4.69) is 5.32 Å². The second-order valence-corrected chi connectivity index (χ2v) is 4.74. The lowest BCUT2D eigenvalue weighted by atomic mass is 10.3. The number of aliphatic hydroxyl groups is 1. The smallest absolute Gasteiger partial charge is 0.399 e. The lowest BCUT2D eigenvalue weighted by Crippen LogP contribution is -2.41. The maximum atomic E-state index is 12.3. The standard InChI is InChI=1S/C12H15ClF3N3O2/c13-9-2-1-8(17)5-10(9)18-11(21)6-19(3-4-20)7-12(14,15)16/h1-2,5,20H,3-4,6-7,17H2,(H,18,21). The number of carbonyl (C=O) groups is 1. The normalized spacial score (nSPS) is 11.7. The molecular weight excluding hydrogens is 311 g/mol. The SMILES string of the molecule is Nc1ccc(Cl)c(NC(=O)CN(CCO)CC(F)(F)F)c1. The minimum absolute atomic E-state index is 0.220. The molecule has 0 aromatic heterocycles. The number of carbonyl (C=O) groups excluding carboxylic acids is 1. The first-order valence-corrected chi connectivity index (χ1v) is 6.34. The molecule has 1 aromatic rings. The highest BCUT2D eigenvalue weighted by molar-refractivity contribution is 6.33. The molecule has 0 aliphatic heterocycles. The van der Waals surface area contributed by atoms with Crippen molar-refractivity contribution in [2.45, 2.75) is 6.18 Å². The van der Waals surface area contributed by atoms with Gasteiger partial charge in [-0.1, -0.05) is 11.6 Å². The van der Waals surface area contributed by atoms with E-state index in [4.69, 9.17) is 22.4 Å². The van der Waals surface area contributed by atoms with Gasteiger partial charge in [0.05, 0.1) is 30.4 Å². The molecule has 0 fully saturated rings. The van der Waals surface area contributed by atoms with Crippen LogP contribution in [0.1, 0.15) is 0 Å². The Morgan fingerprint density at radius 2 is 2.10 bits per heavy atom. The molecule has 0 heterocycles. The first-order valence-electron chi connectivity index (χ1n) is 5.96. The summed E-state index contributed by atoms with van der Waals surface area (Å²) in [5.41, 5.74) is 6.11. The van der Waals surface area contributed by atoms with Crippen molar-refractivity contribution < 1.29 is 23.1 Å². The lowest BCUT2D eigenvalue weighted by molar-refractivity contribution is -0.148. The average Bonchev–Trinajstić information content (AvgIpc) is 2.32. The van der Waals surface area contributed by atoms with Gasteiger partial charge < -0.3 is 16.2 Å². The molecule has 5 nitrogen and oxygen atoms in total. The average molecular weight is 326 g/mol. The molecule has 4 N–H and O–H groups in total. The molecular formula is C12H15ClF3N3O2. The van der Waals surface area contributed by atoms with E-state index < -0.39 is 31.8 Å². The van der Waals surface area contributed by atoms with Crippen molar-refractivity contribution in [2.75, 3.05) is 37.3 Å². The Hall–Kier alpha value is -1.51. The largest absolute Gasteiger partial charge is 0.401 e. The van der Waals surface area contributed by atoms with E-state index in [-0.39, 0.29) is 17.3 Å². The number of hydrogen-bond acceptors (Lipinski definition) is 4. The van der Waals surface area contributed by atoms with Crippen LogP contribution in [0.2, 0.25) is 5.02 Å². The molecule has 1 rings (SSSR count). The molecule has 0 aliphatic carbocycles. The molecule has 0 aliphatic rings. The minimum atomic E-state index is -4.45. The first kappa shape index (κ1) is 17.5. The zero-order valence-corrected chi connectivity index (χ0v) is 11.7. The van der Waals surface area contributed by atoms with Gasteiger partial charge in [0.15, 0.2) is 0 Å². The Morgan fingerprint density at radius 3 is 2.67 bits per heavy atom. The van der Waals surface area contributed by atoms with Crippen molar-refractivity contribution in [3.63, 3.8) is 0 Å². The van der Waals surface area contributed by atoms with Gasteiger partial charge in [-0.2, -0.15) is 13.2 Å². The van der Waals surface area contributed by atoms with Crippen molar-refractivity contribution >= 4 is 28.9 Å². The predicted octanol–water partition coefficient (Wildman–Crippen LogP) is 1.72. The highest BCUT2D eigenvalue weighted by atomic mass is 35.5. The third-order valence-electron chi connectivity index (χ3n) is 2.45. The molecule has 21 heavy (non-hydrogen) atoms. The van der Waals surface area contributed by atoms with Crippen LogP contribution in [-0.2, 0) is 4.79 Å². The molecule has 118 valence electrons. The fourth-order valence-electron chi connectivity index (χ4n) is 1.64. The number of benzene rings is 1. The van der Waals surface area contributed by atoms with Crippen molar-refractivity contribution in [2.24, 2.45) is 0 Å². The summed E-state index contributed by atoms with van der Waals surface area (Å²) in [6, 6.07) is 4.40. The second kappa shape index (κ2) is 7.48. The molecule has 0 radical (unpaired) electrons. The quantitative estimate of drug-likeness (QED) is 0.696.